The van der Waals surface area contributed by atoms with Crippen molar-refractivity contribution in [2.75, 3.05) is 55.2 Å². The zero-order valence-electron chi connectivity index (χ0n) is 30.7. The number of aromatic nitrogens is 4. The molecule has 3 aromatic carbocycles. The van der Waals surface area contributed by atoms with Crippen molar-refractivity contribution in [2.45, 2.75) is 62.7 Å². The van der Waals surface area contributed by atoms with E-state index in [1.165, 1.54) is 12.0 Å². The molecule has 2 aromatic heterocycles. The number of ether oxygens (including phenoxy) is 1. The van der Waals surface area contributed by atoms with Crippen LogP contribution in [-0.2, 0) is 9.59 Å². The fourth-order valence-electron chi connectivity index (χ4n) is 8.75. The number of nitrogens with one attached hydrogen (secondary N) is 2. The summed E-state index contributed by atoms with van der Waals surface area (Å²) in [5.41, 5.74) is 10.1. The summed E-state index contributed by atoms with van der Waals surface area (Å²) in [7, 11) is 0. The average molecular weight is 743 g/mol. The number of piperidine rings is 3. The van der Waals surface area contributed by atoms with Gasteiger partial charge in [-0.1, -0.05) is 18.2 Å². The molecule has 0 aliphatic carbocycles. The number of imidazole rings is 1. The lowest BCUT2D eigenvalue weighted by atomic mass is 9.95. The molecule has 6 heterocycles. The molecular weight excluding hydrogens is 697 g/mol. The molecule has 4 saturated heterocycles. The average Bonchev–Trinajstić information content (AvgIpc) is 3.49. The number of carbonyl (C=O) groups excluding carboxylic acids is 2. The number of likely N-dealkylation sites (tertiary alicyclic amines) is 2. The third-order valence-electron chi connectivity index (χ3n) is 11.8. The minimum absolute atomic E-state index is 0.0193. The van der Waals surface area contributed by atoms with Crippen LogP contribution in [0.4, 0.5) is 17.2 Å². The minimum Gasteiger partial charge on any atom is -0.457 e. The monoisotopic (exact) mass is 742 g/mol. The predicted molar refractivity (Wildman–Crippen MR) is 211 cm³/mol. The zero-order chi connectivity index (χ0) is 37.5. The van der Waals surface area contributed by atoms with Crippen LogP contribution in [0, 0.1) is 0 Å². The van der Waals surface area contributed by atoms with Gasteiger partial charge in [0.1, 0.15) is 29.4 Å². The van der Waals surface area contributed by atoms with E-state index < -0.39 is 0 Å². The van der Waals surface area contributed by atoms with Gasteiger partial charge in [-0.15, -0.1) is 0 Å². The van der Waals surface area contributed by atoms with E-state index in [1.807, 2.05) is 71.3 Å². The maximum Gasteiger partial charge on any atom is 0.335 e. The number of rotatable bonds is 9. The second-order valence-electron chi connectivity index (χ2n) is 15.1. The molecule has 4 N–H and O–H groups in total. The maximum absolute atomic E-state index is 14.2. The highest BCUT2D eigenvalue weighted by Crippen LogP contribution is 2.33. The van der Waals surface area contributed by atoms with Crippen LogP contribution in [0.3, 0.4) is 0 Å². The lowest BCUT2D eigenvalue weighted by Crippen LogP contribution is -2.62. The van der Waals surface area contributed by atoms with E-state index in [0.29, 0.717) is 47.5 Å². The summed E-state index contributed by atoms with van der Waals surface area (Å²) in [6.07, 6.45) is 6.34. The van der Waals surface area contributed by atoms with Crippen LogP contribution >= 0.6 is 0 Å². The summed E-state index contributed by atoms with van der Waals surface area (Å²) >= 11 is 0. The molecule has 1 unspecified atom stereocenters. The highest BCUT2D eigenvalue weighted by Gasteiger charge is 2.37. The van der Waals surface area contributed by atoms with Crippen LogP contribution in [-0.4, -0.2) is 98.1 Å². The Hall–Kier alpha value is -5.73. The Morgan fingerprint density at radius 2 is 1.35 bits per heavy atom. The fourth-order valence-corrected chi connectivity index (χ4v) is 8.75. The number of nitrogen functional groups attached to an aromatic ring is 1. The number of amides is 2. The quantitative estimate of drug-likeness (QED) is 0.187. The van der Waals surface area contributed by atoms with Crippen LogP contribution in [0.25, 0.3) is 16.9 Å². The molecule has 0 saturated carbocycles. The van der Waals surface area contributed by atoms with E-state index >= 15 is 0 Å². The molecular formula is C41H46N10O4. The summed E-state index contributed by atoms with van der Waals surface area (Å²) in [6.45, 7) is 6.08. The number of para-hydroxylation sites is 1. The number of hydrogen-bond acceptors (Lipinski definition) is 11. The second-order valence-corrected chi connectivity index (χ2v) is 15.1. The van der Waals surface area contributed by atoms with Crippen molar-refractivity contribution in [1.82, 2.24) is 34.2 Å². The van der Waals surface area contributed by atoms with Crippen molar-refractivity contribution in [3.8, 4) is 17.2 Å². The Kier molecular flexibility index (Phi) is 9.44. The first-order valence-corrected chi connectivity index (χ1v) is 19.4. The zero-order valence-corrected chi connectivity index (χ0v) is 30.7. The Bertz CT molecular complexity index is 2220. The van der Waals surface area contributed by atoms with E-state index in [2.05, 4.69) is 47.4 Å². The molecule has 4 aliphatic rings. The molecule has 4 fully saturated rings. The van der Waals surface area contributed by atoms with E-state index in [4.69, 9.17) is 10.5 Å². The van der Waals surface area contributed by atoms with Gasteiger partial charge in [0.05, 0.1) is 5.69 Å². The van der Waals surface area contributed by atoms with Crippen LogP contribution in [0.15, 0.2) is 90.0 Å². The number of benzene rings is 3. The molecule has 5 aromatic rings. The van der Waals surface area contributed by atoms with Gasteiger partial charge in [-0.05, 0) is 92.8 Å². The van der Waals surface area contributed by atoms with Crippen molar-refractivity contribution in [1.29, 1.82) is 0 Å². The number of nitrogens with two attached hydrogens (primary N) is 1. The maximum atomic E-state index is 14.2. The Labute approximate surface area is 318 Å². The number of carbonyl (C=O) groups is 2. The Morgan fingerprint density at radius 1 is 0.709 bits per heavy atom. The molecule has 9 rings (SSSR count). The van der Waals surface area contributed by atoms with E-state index in [9.17, 15) is 14.4 Å². The molecule has 0 bridgehead atoms. The van der Waals surface area contributed by atoms with Gasteiger partial charge >= 0.3 is 5.69 Å². The topological polar surface area (TPSA) is 156 Å². The Balaban J connectivity index is 0.782. The minimum atomic E-state index is -0.379. The van der Waals surface area contributed by atoms with Crippen molar-refractivity contribution < 1.29 is 14.3 Å². The predicted octanol–water partition coefficient (Wildman–Crippen LogP) is 4.16. The molecule has 0 spiro atoms. The molecule has 2 amide bonds. The largest absolute Gasteiger partial charge is 0.457 e. The van der Waals surface area contributed by atoms with Gasteiger partial charge in [0.25, 0.3) is 0 Å². The number of hydrogen-bond donors (Lipinski definition) is 3. The van der Waals surface area contributed by atoms with E-state index in [1.54, 1.807) is 4.57 Å². The van der Waals surface area contributed by atoms with Crippen LogP contribution in [0.2, 0.25) is 0 Å². The first kappa shape index (κ1) is 35.0. The second kappa shape index (κ2) is 14.8. The summed E-state index contributed by atoms with van der Waals surface area (Å²) in [4.78, 5) is 54.3. The standard InChI is InChI=1S/C41H46N10O4/c42-38-37-39(44-26-43-38)51(41(54)50(37)30-10-12-34(13-11-30)55-33-4-2-1-3-5-33)31-18-22-47(23-19-31)29-16-20-48(21-17-29)32-24-49(25-32)28-8-6-27(7-9-28)45-35-14-15-36(52)46-40(35)53/h1-13,26,29,31-32,35,45H,14-25H2,(H2,42,43,44)(H,46,52,53). The van der Waals surface area contributed by atoms with Crippen molar-refractivity contribution in [2.24, 2.45) is 0 Å². The number of anilines is 3. The lowest BCUT2D eigenvalue weighted by Gasteiger charge is -2.50. The van der Waals surface area contributed by atoms with Crippen molar-refractivity contribution in [3.63, 3.8) is 0 Å². The molecule has 1 atom stereocenters. The van der Waals surface area contributed by atoms with Gasteiger partial charge < -0.3 is 25.6 Å². The van der Waals surface area contributed by atoms with Crippen LogP contribution in [0.1, 0.15) is 44.6 Å². The normalized spacial score (nSPS) is 20.7. The SMILES string of the molecule is Nc1ncnc2c1n(-c1ccc(Oc3ccccc3)cc1)c(=O)n2C1CCN(C2CCN(C3CN(c4ccc(NC5CCC(=O)NC5=O)cc4)C3)CC2)CC1. The van der Waals surface area contributed by atoms with Gasteiger partial charge in [-0.3, -0.25) is 28.9 Å². The number of imide groups is 1. The molecule has 0 radical (unpaired) electrons. The molecule has 284 valence electrons. The third-order valence-corrected chi connectivity index (χ3v) is 11.8. The number of fused-ring (bicyclic) bond motifs is 1. The molecule has 4 aliphatic heterocycles. The smallest absolute Gasteiger partial charge is 0.335 e. The van der Waals surface area contributed by atoms with E-state index in [-0.39, 0.29) is 35.4 Å². The van der Waals surface area contributed by atoms with Gasteiger partial charge in [-0.25, -0.2) is 14.8 Å². The molecule has 14 heteroatoms. The summed E-state index contributed by atoms with van der Waals surface area (Å²) < 4.78 is 9.45. The first-order chi connectivity index (χ1) is 26.9. The van der Waals surface area contributed by atoms with Crippen molar-refractivity contribution in [3.05, 3.63) is 95.7 Å². The summed E-state index contributed by atoms with van der Waals surface area (Å²) in [6, 6.07) is 26.0. The lowest BCUT2D eigenvalue weighted by molar-refractivity contribution is -0.133. The summed E-state index contributed by atoms with van der Waals surface area (Å²) in [5, 5.41) is 5.66. The molecule has 55 heavy (non-hydrogen) atoms. The van der Waals surface area contributed by atoms with Gasteiger partial charge in [0.15, 0.2) is 11.5 Å². The highest BCUT2D eigenvalue weighted by molar-refractivity contribution is 6.01. The van der Waals surface area contributed by atoms with Crippen LogP contribution in [0.5, 0.6) is 11.5 Å². The first-order valence-electron chi connectivity index (χ1n) is 19.4. The Morgan fingerprint density at radius 3 is 2.04 bits per heavy atom. The highest BCUT2D eigenvalue weighted by atomic mass is 16.5. The number of nitrogens with zero attached hydrogens (tertiary/aromatic N) is 7. The van der Waals surface area contributed by atoms with E-state index in [0.717, 1.165) is 76.4 Å². The van der Waals surface area contributed by atoms with Gasteiger partial charge in [-0.2, -0.15) is 0 Å². The third kappa shape index (κ3) is 7.03. The molecule has 14 nitrogen and oxygen atoms in total. The van der Waals surface area contributed by atoms with Gasteiger partial charge in [0, 0.05) is 75.2 Å². The summed E-state index contributed by atoms with van der Waals surface area (Å²) in [5.74, 6) is 1.23. The van der Waals surface area contributed by atoms with Crippen LogP contribution < -0.4 is 31.7 Å². The van der Waals surface area contributed by atoms with Crippen molar-refractivity contribution >= 4 is 40.2 Å². The fraction of sp³-hybridized carbons (Fsp3) is 0.390. The van der Waals surface area contributed by atoms with Gasteiger partial charge in [0.2, 0.25) is 11.8 Å².